The fourth-order valence-corrected chi connectivity index (χ4v) is 2.19. The molecule has 1 amide bonds. The molecule has 106 valence electrons. The van der Waals surface area contributed by atoms with Gasteiger partial charge in [-0.2, -0.15) is 0 Å². The zero-order valence-electron chi connectivity index (χ0n) is 11.9. The summed E-state index contributed by atoms with van der Waals surface area (Å²) in [5.74, 6) is 0.575. The third-order valence-electron chi connectivity index (χ3n) is 3.55. The van der Waals surface area contributed by atoms with Crippen LogP contribution in [-0.4, -0.2) is 23.9 Å². The van der Waals surface area contributed by atoms with Gasteiger partial charge in [-0.15, -0.1) is 0 Å². The van der Waals surface area contributed by atoms with Crippen LogP contribution in [0.1, 0.15) is 44.0 Å². The Bertz CT molecular complexity index is 430. The number of halogens is 1. The van der Waals surface area contributed by atoms with Crippen molar-refractivity contribution in [1.82, 2.24) is 4.90 Å². The lowest BCUT2D eigenvalue weighted by molar-refractivity contribution is 0.0735. The molecule has 0 heterocycles. The van der Waals surface area contributed by atoms with Gasteiger partial charge in [0.05, 0.1) is 10.7 Å². The van der Waals surface area contributed by atoms with Crippen LogP contribution in [0, 0.1) is 5.92 Å². The second-order valence-electron chi connectivity index (χ2n) is 4.76. The number of carbonyl (C=O) groups excluding carboxylic acids is 1. The molecule has 0 atom stereocenters. The van der Waals surface area contributed by atoms with Crippen LogP contribution in [0.3, 0.4) is 0 Å². The lowest BCUT2D eigenvalue weighted by Crippen LogP contribution is -2.35. The predicted octanol–water partition coefficient (Wildman–Crippen LogP) is 3.82. The molecule has 3 nitrogen and oxygen atoms in total. The minimum Gasteiger partial charge on any atom is -0.398 e. The normalized spacial score (nSPS) is 10.8. The predicted molar refractivity (Wildman–Crippen MR) is 81.5 cm³/mol. The Hall–Kier alpha value is -1.22. The Balaban J connectivity index is 2.85. The van der Waals surface area contributed by atoms with Gasteiger partial charge in [-0.25, -0.2) is 0 Å². The quantitative estimate of drug-likeness (QED) is 0.806. The molecular formula is C15H23ClN2O. The summed E-state index contributed by atoms with van der Waals surface area (Å²) in [7, 11) is 0. The summed E-state index contributed by atoms with van der Waals surface area (Å²) < 4.78 is 0. The van der Waals surface area contributed by atoms with Crippen LogP contribution in [0.2, 0.25) is 5.02 Å². The van der Waals surface area contributed by atoms with E-state index in [4.69, 9.17) is 17.3 Å². The molecule has 0 saturated carbocycles. The Labute approximate surface area is 120 Å². The number of nitrogens with zero attached hydrogens (tertiary/aromatic N) is 1. The molecule has 0 aliphatic heterocycles. The molecular weight excluding hydrogens is 260 g/mol. The van der Waals surface area contributed by atoms with E-state index < -0.39 is 0 Å². The maximum Gasteiger partial charge on any atom is 0.253 e. The topological polar surface area (TPSA) is 46.3 Å². The Morgan fingerprint density at radius 1 is 1.32 bits per heavy atom. The minimum absolute atomic E-state index is 0.0257. The van der Waals surface area contributed by atoms with Crippen molar-refractivity contribution in [3.63, 3.8) is 0 Å². The molecule has 1 aromatic rings. The number of anilines is 1. The van der Waals surface area contributed by atoms with Crippen molar-refractivity contribution < 1.29 is 4.79 Å². The number of hydrogen-bond donors (Lipinski definition) is 1. The van der Waals surface area contributed by atoms with Gasteiger partial charge in [0, 0.05) is 18.7 Å². The molecule has 0 aromatic heterocycles. The molecule has 2 N–H and O–H groups in total. The van der Waals surface area contributed by atoms with Gasteiger partial charge in [0.25, 0.3) is 5.91 Å². The lowest BCUT2D eigenvalue weighted by Gasteiger charge is -2.25. The second-order valence-corrected chi connectivity index (χ2v) is 5.17. The molecule has 19 heavy (non-hydrogen) atoms. The molecule has 0 spiro atoms. The van der Waals surface area contributed by atoms with E-state index in [1.165, 1.54) is 0 Å². The van der Waals surface area contributed by atoms with Gasteiger partial charge < -0.3 is 10.6 Å². The molecule has 0 bridgehead atoms. The Kier molecular flexibility index (Phi) is 6.16. The van der Waals surface area contributed by atoms with E-state index in [1.807, 2.05) is 11.8 Å². The van der Waals surface area contributed by atoms with Gasteiger partial charge in [0.1, 0.15) is 0 Å². The highest BCUT2D eigenvalue weighted by Crippen LogP contribution is 2.21. The first kappa shape index (κ1) is 15.8. The first-order valence-electron chi connectivity index (χ1n) is 6.87. The molecule has 0 radical (unpaired) electrons. The first-order chi connectivity index (χ1) is 9.03. The number of nitrogens with two attached hydrogens (primary N) is 1. The van der Waals surface area contributed by atoms with E-state index in [0.29, 0.717) is 28.7 Å². The van der Waals surface area contributed by atoms with Crippen molar-refractivity contribution >= 4 is 23.2 Å². The summed E-state index contributed by atoms with van der Waals surface area (Å²) in [4.78, 5) is 14.3. The zero-order chi connectivity index (χ0) is 14.4. The van der Waals surface area contributed by atoms with Crippen LogP contribution in [0.5, 0.6) is 0 Å². The summed E-state index contributed by atoms with van der Waals surface area (Å²) in [5, 5.41) is 0.486. The number of amides is 1. The number of benzene rings is 1. The standard InChI is InChI=1S/C15H23ClN2O/c1-4-11(5-2)10-18(6-3)15(19)12-7-8-13(16)14(17)9-12/h7-9,11H,4-6,10,17H2,1-3H3. The summed E-state index contributed by atoms with van der Waals surface area (Å²) >= 11 is 5.88. The zero-order valence-corrected chi connectivity index (χ0v) is 12.7. The van der Waals surface area contributed by atoms with Crippen LogP contribution in [0.15, 0.2) is 18.2 Å². The van der Waals surface area contributed by atoms with E-state index in [9.17, 15) is 4.79 Å². The van der Waals surface area contributed by atoms with Gasteiger partial charge in [0.15, 0.2) is 0 Å². The van der Waals surface area contributed by atoms with Crippen molar-refractivity contribution in [1.29, 1.82) is 0 Å². The highest BCUT2D eigenvalue weighted by molar-refractivity contribution is 6.33. The number of carbonyl (C=O) groups is 1. The molecule has 0 aliphatic carbocycles. The molecule has 0 aliphatic rings. The van der Waals surface area contributed by atoms with Crippen molar-refractivity contribution in [2.45, 2.75) is 33.6 Å². The van der Waals surface area contributed by atoms with Gasteiger partial charge in [-0.3, -0.25) is 4.79 Å². The summed E-state index contributed by atoms with van der Waals surface area (Å²) in [6.07, 6.45) is 2.17. The fourth-order valence-electron chi connectivity index (χ4n) is 2.07. The molecule has 1 rings (SSSR count). The summed E-state index contributed by atoms with van der Waals surface area (Å²) in [6, 6.07) is 5.06. The van der Waals surface area contributed by atoms with E-state index in [1.54, 1.807) is 18.2 Å². The average molecular weight is 283 g/mol. The fraction of sp³-hybridized carbons (Fsp3) is 0.533. The monoisotopic (exact) mass is 282 g/mol. The molecule has 0 unspecified atom stereocenters. The highest BCUT2D eigenvalue weighted by atomic mass is 35.5. The van der Waals surface area contributed by atoms with Crippen molar-refractivity contribution in [3.8, 4) is 0 Å². The maximum absolute atomic E-state index is 12.4. The first-order valence-corrected chi connectivity index (χ1v) is 7.25. The van der Waals surface area contributed by atoms with Crippen LogP contribution in [-0.2, 0) is 0 Å². The smallest absolute Gasteiger partial charge is 0.253 e. The van der Waals surface area contributed by atoms with Crippen LogP contribution in [0.4, 0.5) is 5.69 Å². The average Bonchev–Trinajstić information content (AvgIpc) is 2.42. The molecule has 0 saturated heterocycles. The van der Waals surface area contributed by atoms with E-state index in [0.717, 1.165) is 19.4 Å². The largest absolute Gasteiger partial charge is 0.398 e. The highest BCUT2D eigenvalue weighted by Gasteiger charge is 2.17. The number of hydrogen-bond acceptors (Lipinski definition) is 2. The SMILES string of the molecule is CCC(CC)CN(CC)C(=O)c1ccc(Cl)c(N)c1. The third kappa shape index (κ3) is 4.13. The van der Waals surface area contributed by atoms with E-state index in [-0.39, 0.29) is 5.91 Å². The number of rotatable bonds is 6. The van der Waals surface area contributed by atoms with Gasteiger partial charge in [-0.05, 0) is 31.0 Å². The Morgan fingerprint density at radius 2 is 1.95 bits per heavy atom. The van der Waals surface area contributed by atoms with Gasteiger partial charge >= 0.3 is 0 Å². The van der Waals surface area contributed by atoms with Crippen LogP contribution >= 0.6 is 11.6 Å². The Morgan fingerprint density at radius 3 is 2.42 bits per heavy atom. The number of nitrogen functional groups attached to an aromatic ring is 1. The lowest BCUT2D eigenvalue weighted by atomic mass is 10.0. The van der Waals surface area contributed by atoms with Crippen LogP contribution < -0.4 is 5.73 Å². The molecule has 4 heteroatoms. The maximum atomic E-state index is 12.4. The van der Waals surface area contributed by atoms with Gasteiger partial charge in [0.2, 0.25) is 0 Å². The summed E-state index contributed by atoms with van der Waals surface area (Å²) in [6.45, 7) is 7.82. The second kappa shape index (κ2) is 7.39. The van der Waals surface area contributed by atoms with Gasteiger partial charge in [-0.1, -0.05) is 38.3 Å². The molecule has 0 fully saturated rings. The van der Waals surface area contributed by atoms with Crippen molar-refractivity contribution in [2.24, 2.45) is 5.92 Å². The minimum atomic E-state index is 0.0257. The molecule has 1 aromatic carbocycles. The summed E-state index contributed by atoms with van der Waals surface area (Å²) in [5.41, 5.74) is 6.81. The van der Waals surface area contributed by atoms with E-state index >= 15 is 0 Å². The van der Waals surface area contributed by atoms with Crippen molar-refractivity contribution in [3.05, 3.63) is 28.8 Å². The van der Waals surface area contributed by atoms with Crippen molar-refractivity contribution in [2.75, 3.05) is 18.8 Å². The third-order valence-corrected chi connectivity index (χ3v) is 3.89. The van der Waals surface area contributed by atoms with E-state index in [2.05, 4.69) is 13.8 Å². The van der Waals surface area contributed by atoms with Crippen LogP contribution in [0.25, 0.3) is 0 Å².